The van der Waals surface area contributed by atoms with Gasteiger partial charge in [0.2, 0.25) is 0 Å². The Kier molecular flexibility index (Phi) is 3.69. The van der Waals surface area contributed by atoms with Gasteiger partial charge in [-0.15, -0.1) is 0 Å². The highest BCUT2D eigenvalue weighted by Gasteiger charge is 1.96. The van der Waals surface area contributed by atoms with Crippen molar-refractivity contribution >= 4 is 15.9 Å². The highest BCUT2D eigenvalue weighted by molar-refractivity contribution is 9.10. The van der Waals surface area contributed by atoms with Crippen LogP contribution in [0.1, 0.15) is 5.69 Å². The van der Waals surface area contributed by atoms with E-state index in [1.165, 1.54) is 0 Å². The Balaban J connectivity index is 2.52. The molecule has 0 radical (unpaired) electrons. The lowest BCUT2D eigenvalue weighted by atomic mass is 10.3. The molecule has 12 heavy (non-hydrogen) atoms. The summed E-state index contributed by atoms with van der Waals surface area (Å²) >= 11 is 3.42. The molecular weight excluding hydrogens is 216 g/mol. The molecule has 1 aromatic rings. The standard InChI is InChI=1S/C9H13BrN2/c1-12(2)6-4-9-7-8(10)3-5-11-9/h3,5,7H,4,6H2,1-2H3. The third kappa shape index (κ3) is 3.32. The average Bonchev–Trinajstić information content (AvgIpc) is 2.01. The van der Waals surface area contributed by atoms with Gasteiger partial charge in [-0.05, 0) is 26.2 Å². The molecule has 0 atom stereocenters. The second-order valence-electron chi connectivity index (χ2n) is 3.02. The van der Waals surface area contributed by atoms with E-state index in [4.69, 9.17) is 0 Å². The molecule has 0 amide bonds. The van der Waals surface area contributed by atoms with Crippen molar-refractivity contribution in [2.75, 3.05) is 20.6 Å². The number of aromatic nitrogens is 1. The van der Waals surface area contributed by atoms with Gasteiger partial charge in [-0.2, -0.15) is 0 Å². The van der Waals surface area contributed by atoms with Crippen LogP contribution in [0.5, 0.6) is 0 Å². The van der Waals surface area contributed by atoms with Crippen molar-refractivity contribution in [1.82, 2.24) is 9.88 Å². The second kappa shape index (κ2) is 4.58. The number of nitrogens with zero attached hydrogens (tertiary/aromatic N) is 2. The molecule has 2 nitrogen and oxygen atoms in total. The van der Waals surface area contributed by atoms with Gasteiger partial charge in [0, 0.05) is 29.3 Å². The lowest BCUT2D eigenvalue weighted by molar-refractivity contribution is 0.412. The Morgan fingerprint density at radius 1 is 1.50 bits per heavy atom. The molecular formula is C9H13BrN2. The normalized spacial score (nSPS) is 10.7. The minimum atomic E-state index is 1.01. The van der Waals surface area contributed by atoms with Crippen molar-refractivity contribution in [3.05, 3.63) is 28.5 Å². The maximum absolute atomic E-state index is 4.25. The van der Waals surface area contributed by atoms with E-state index in [2.05, 4.69) is 46.0 Å². The summed E-state index contributed by atoms with van der Waals surface area (Å²) in [4.78, 5) is 6.41. The molecule has 1 rings (SSSR count). The van der Waals surface area contributed by atoms with Gasteiger partial charge in [-0.3, -0.25) is 4.98 Å². The van der Waals surface area contributed by atoms with Crippen LogP contribution in [0, 0.1) is 0 Å². The van der Waals surface area contributed by atoms with E-state index in [1.54, 1.807) is 0 Å². The number of pyridine rings is 1. The molecule has 0 saturated carbocycles. The zero-order valence-electron chi connectivity index (χ0n) is 7.42. The van der Waals surface area contributed by atoms with Crippen molar-refractivity contribution in [2.45, 2.75) is 6.42 Å². The molecule has 1 aromatic heterocycles. The summed E-state index contributed by atoms with van der Waals surface area (Å²) in [5.41, 5.74) is 1.14. The Bertz CT molecular complexity index is 248. The van der Waals surface area contributed by atoms with E-state index in [9.17, 15) is 0 Å². The van der Waals surface area contributed by atoms with Crippen LogP contribution in [-0.2, 0) is 6.42 Å². The summed E-state index contributed by atoms with van der Waals surface area (Å²) in [6.45, 7) is 1.05. The molecule has 0 aliphatic heterocycles. The number of hydrogen-bond acceptors (Lipinski definition) is 2. The van der Waals surface area contributed by atoms with Crippen molar-refractivity contribution in [3.8, 4) is 0 Å². The third-order valence-corrected chi connectivity index (χ3v) is 2.09. The van der Waals surface area contributed by atoms with Gasteiger partial charge in [0.15, 0.2) is 0 Å². The van der Waals surface area contributed by atoms with Gasteiger partial charge in [0.25, 0.3) is 0 Å². The molecule has 0 saturated heterocycles. The first-order valence-corrected chi connectivity index (χ1v) is 4.73. The highest BCUT2D eigenvalue weighted by Crippen LogP contribution is 2.09. The van der Waals surface area contributed by atoms with Crippen LogP contribution >= 0.6 is 15.9 Å². The average molecular weight is 229 g/mol. The molecule has 3 heteroatoms. The molecule has 0 aliphatic carbocycles. The SMILES string of the molecule is CN(C)CCc1cc(Br)ccn1. The summed E-state index contributed by atoms with van der Waals surface area (Å²) in [7, 11) is 4.13. The lowest BCUT2D eigenvalue weighted by Crippen LogP contribution is -2.15. The van der Waals surface area contributed by atoms with Crippen molar-refractivity contribution in [2.24, 2.45) is 0 Å². The van der Waals surface area contributed by atoms with E-state index in [1.807, 2.05) is 12.3 Å². The maximum atomic E-state index is 4.25. The van der Waals surface area contributed by atoms with E-state index < -0.39 is 0 Å². The predicted molar refractivity (Wildman–Crippen MR) is 54.2 cm³/mol. The second-order valence-corrected chi connectivity index (χ2v) is 3.93. The maximum Gasteiger partial charge on any atom is 0.0427 e. The quantitative estimate of drug-likeness (QED) is 0.787. The van der Waals surface area contributed by atoms with Gasteiger partial charge in [0.05, 0.1) is 0 Å². The first-order chi connectivity index (χ1) is 5.68. The fraction of sp³-hybridized carbons (Fsp3) is 0.444. The predicted octanol–water partition coefficient (Wildman–Crippen LogP) is 1.95. The van der Waals surface area contributed by atoms with Gasteiger partial charge in [-0.1, -0.05) is 15.9 Å². The smallest absolute Gasteiger partial charge is 0.0427 e. The van der Waals surface area contributed by atoms with Crippen molar-refractivity contribution in [1.29, 1.82) is 0 Å². The Morgan fingerprint density at radius 2 is 2.25 bits per heavy atom. The van der Waals surface area contributed by atoms with Crippen molar-refractivity contribution in [3.63, 3.8) is 0 Å². The van der Waals surface area contributed by atoms with Crippen LogP contribution < -0.4 is 0 Å². The zero-order chi connectivity index (χ0) is 8.97. The van der Waals surface area contributed by atoms with E-state index >= 15 is 0 Å². The Morgan fingerprint density at radius 3 is 2.83 bits per heavy atom. The minimum Gasteiger partial charge on any atom is -0.309 e. The lowest BCUT2D eigenvalue weighted by Gasteiger charge is -2.08. The van der Waals surface area contributed by atoms with Crippen molar-refractivity contribution < 1.29 is 0 Å². The monoisotopic (exact) mass is 228 g/mol. The molecule has 0 spiro atoms. The largest absolute Gasteiger partial charge is 0.309 e. The molecule has 0 aliphatic rings. The minimum absolute atomic E-state index is 1.01. The molecule has 66 valence electrons. The van der Waals surface area contributed by atoms with E-state index in [-0.39, 0.29) is 0 Å². The van der Waals surface area contributed by atoms with Crippen LogP contribution in [0.25, 0.3) is 0 Å². The van der Waals surface area contributed by atoms with E-state index in [0.29, 0.717) is 0 Å². The fourth-order valence-electron chi connectivity index (χ4n) is 0.924. The Labute approximate surface area is 81.7 Å². The summed E-state index contributed by atoms with van der Waals surface area (Å²) < 4.78 is 1.10. The molecule has 0 aromatic carbocycles. The fourth-order valence-corrected chi connectivity index (χ4v) is 1.31. The number of hydrogen-bond donors (Lipinski definition) is 0. The van der Waals surface area contributed by atoms with Gasteiger partial charge in [-0.25, -0.2) is 0 Å². The number of rotatable bonds is 3. The van der Waals surface area contributed by atoms with Gasteiger partial charge < -0.3 is 4.90 Å². The van der Waals surface area contributed by atoms with Crippen LogP contribution in [0.4, 0.5) is 0 Å². The Hall–Kier alpha value is -0.410. The van der Waals surface area contributed by atoms with Crippen LogP contribution in [-0.4, -0.2) is 30.5 Å². The van der Waals surface area contributed by atoms with E-state index in [0.717, 1.165) is 23.1 Å². The molecule has 0 bridgehead atoms. The molecule has 1 heterocycles. The highest BCUT2D eigenvalue weighted by atomic mass is 79.9. The molecule has 0 fully saturated rings. The number of halogens is 1. The topological polar surface area (TPSA) is 16.1 Å². The van der Waals surface area contributed by atoms with Crippen LogP contribution in [0.3, 0.4) is 0 Å². The summed E-state index contributed by atoms with van der Waals surface area (Å²) in [6.07, 6.45) is 2.83. The number of likely N-dealkylation sites (N-methyl/N-ethyl adjacent to an activating group) is 1. The summed E-state index contributed by atoms with van der Waals surface area (Å²) in [6, 6.07) is 4.00. The van der Waals surface area contributed by atoms with Gasteiger partial charge in [0.1, 0.15) is 0 Å². The first-order valence-electron chi connectivity index (χ1n) is 3.93. The first kappa shape index (κ1) is 9.68. The zero-order valence-corrected chi connectivity index (χ0v) is 9.00. The van der Waals surface area contributed by atoms with Crippen LogP contribution in [0.2, 0.25) is 0 Å². The molecule has 0 N–H and O–H groups in total. The molecule has 0 unspecified atom stereocenters. The summed E-state index contributed by atoms with van der Waals surface area (Å²) in [5.74, 6) is 0. The third-order valence-electron chi connectivity index (χ3n) is 1.59. The van der Waals surface area contributed by atoms with Crippen LogP contribution in [0.15, 0.2) is 22.8 Å². The summed E-state index contributed by atoms with van der Waals surface area (Å²) in [5, 5.41) is 0. The van der Waals surface area contributed by atoms with Gasteiger partial charge >= 0.3 is 0 Å².